The Balaban J connectivity index is 1.55. The van der Waals surface area contributed by atoms with E-state index in [-0.39, 0.29) is 35.4 Å². The van der Waals surface area contributed by atoms with Crippen molar-refractivity contribution >= 4 is 37.0 Å². The summed E-state index contributed by atoms with van der Waals surface area (Å²) in [7, 11) is -0.0861. The van der Waals surface area contributed by atoms with E-state index in [2.05, 4.69) is 29.8 Å². The van der Waals surface area contributed by atoms with Crippen LogP contribution >= 0.6 is 0 Å². The average Bonchev–Trinajstić information content (AvgIpc) is 3.39. The van der Waals surface area contributed by atoms with E-state index >= 15 is 0 Å². The van der Waals surface area contributed by atoms with Crippen LogP contribution in [0.25, 0.3) is 17.0 Å². The first-order valence-electron chi connectivity index (χ1n) is 13.7. The number of fused-ring (bicyclic) bond motifs is 3. The molecule has 0 unspecified atom stereocenters. The molecular weight excluding hydrogens is 576 g/mol. The Hall–Kier alpha value is -4.27. The highest BCUT2D eigenvalue weighted by Crippen LogP contribution is 2.51. The first kappa shape index (κ1) is 30.2. The SMILES string of the molecule is CO/N=C1\C(O)=C(C(N)=O)C(=O)[C@@]2(O)C(=O)C3=C(O)c4c(O)ccc(-c5cn(COCC[Si](C)(C)C)cn5)c4C[C@H]3C[C@@H]12. The number of phenolic OH excluding ortho intramolecular Hbond substituents is 1. The number of carbonyl (C=O) groups is 3. The third-order valence-corrected chi connectivity index (χ3v) is 9.93. The highest BCUT2D eigenvalue weighted by molar-refractivity contribution is 6.76. The van der Waals surface area contributed by atoms with Crippen LogP contribution in [0, 0.1) is 11.8 Å². The van der Waals surface area contributed by atoms with Crippen LogP contribution in [-0.4, -0.2) is 80.6 Å². The van der Waals surface area contributed by atoms with Gasteiger partial charge in [0.05, 0.1) is 23.5 Å². The number of primary amides is 1. The molecule has 228 valence electrons. The molecule has 1 amide bonds. The van der Waals surface area contributed by atoms with Gasteiger partial charge in [-0.25, -0.2) is 4.98 Å². The number of hydrogen-bond donors (Lipinski definition) is 5. The molecule has 1 heterocycles. The number of oxime groups is 1. The molecule has 13 nitrogen and oxygen atoms in total. The Bertz CT molecular complexity index is 1630. The summed E-state index contributed by atoms with van der Waals surface area (Å²) in [5.41, 5.74) is 2.34. The van der Waals surface area contributed by atoms with Crippen LogP contribution < -0.4 is 5.73 Å². The summed E-state index contributed by atoms with van der Waals surface area (Å²) in [6.45, 7) is 7.73. The lowest BCUT2D eigenvalue weighted by molar-refractivity contribution is -0.153. The first-order valence-corrected chi connectivity index (χ1v) is 17.5. The third kappa shape index (κ3) is 4.94. The number of phenols is 1. The number of carbonyl (C=O) groups excluding carboxylic acids is 3. The van der Waals surface area contributed by atoms with Gasteiger partial charge in [0.2, 0.25) is 11.6 Å². The van der Waals surface area contributed by atoms with E-state index in [0.29, 0.717) is 30.2 Å². The van der Waals surface area contributed by atoms with Gasteiger partial charge < -0.3 is 40.3 Å². The summed E-state index contributed by atoms with van der Waals surface area (Å²) in [5.74, 6) is -7.93. The van der Waals surface area contributed by atoms with Gasteiger partial charge in [0.15, 0.2) is 11.4 Å². The van der Waals surface area contributed by atoms with E-state index < -0.39 is 60.1 Å². The maximum absolute atomic E-state index is 13.9. The second-order valence-corrected chi connectivity index (χ2v) is 17.9. The van der Waals surface area contributed by atoms with Gasteiger partial charge in [-0.15, -0.1) is 0 Å². The number of amides is 1. The maximum atomic E-state index is 13.9. The lowest BCUT2D eigenvalue weighted by atomic mass is 9.58. The molecule has 0 spiro atoms. The van der Waals surface area contributed by atoms with Crippen molar-refractivity contribution < 1.29 is 44.4 Å². The zero-order valence-electron chi connectivity index (χ0n) is 24.2. The number of allylic oxidation sites excluding steroid dienone is 1. The van der Waals surface area contributed by atoms with Crippen LogP contribution in [0.5, 0.6) is 5.75 Å². The van der Waals surface area contributed by atoms with Gasteiger partial charge in [-0.1, -0.05) is 24.8 Å². The molecule has 3 atom stereocenters. The number of nitrogens with zero attached hydrogens (tertiary/aromatic N) is 3. The molecule has 1 aromatic heterocycles. The minimum absolute atomic E-state index is 0.0253. The zero-order valence-corrected chi connectivity index (χ0v) is 25.2. The molecule has 3 aliphatic rings. The van der Waals surface area contributed by atoms with Gasteiger partial charge in [-0.3, -0.25) is 14.4 Å². The minimum Gasteiger partial charge on any atom is -0.507 e. The molecule has 1 saturated carbocycles. The minimum atomic E-state index is -2.90. The molecule has 43 heavy (non-hydrogen) atoms. The fourth-order valence-electron chi connectivity index (χ4n) is 6.05. The number of aliphatic hydroxyl groups excluding tert-OH is 2. The largest absolute Gasteiger partial charge is 0.507 e. The molecule has 14 heteroatoms. The number of aliphatic hydroxyl groups is 3. The van der Waals surface area contributed by atoms with Crippen LogP contribution in [-0.2, 0) is 37.1 Å². The number of imidazole rings is 1. The summed E-state index contributed by atoms with van der Waals surface area (Å²) in [6, 6.07) is 4.03. The van der Waals surface area contributed by atoms with Gasteiger partial charge >= 0.3 is 0 Å². The molecular formula is C29H34N4O9Si. The van der Waals surface area contributed by atoms with E-state index in [0.717, 1.165) is 13.2 Å². The number of aromatic hydroxyl groups is 1. The van der Waals surface area contributed by atoms with Crippen LogP contribution in [0.1, 0.15) is 17.5 Å². The van der Waals surface area contributed by atoms with Crippen molar-refractivity contribution in [3.05, 3.63) is 52.7 Å². The van der Waals surface area contributed by atoms with Gasteiger partial charge in [0.25, 0.3) is 5.91 Å². The van der Waals surface area contributed by atoms with Crippen LogP contribution in [0.3, 0.4) is 0 Å². The number of rotatable bonds is 8. The standard InChI is InChI=1S/C29H34N4O9Si/c1-41-32-23-17-10-14-9-16-15(18-11-33(12-31-18)13-42-7-8-43(2,3)4)5-6-19(34)21(16)24(35)20(14)26(37)29(17,40)27(38)22(25(23)36)28(30)39/h5-6,11-12,14,17,34-36,40H,7-10,13H2,1-4H3,(H2,30,39)/b32-23-/t14-,17-,29-/m0/s1. The van der Waals surface area contributed by atoms with Crippen LogP contribution in [0.4, 0.5) is 0 Å². The second-order valence-electron chi connectivity index (χ2n) is 12.2. The first-order chi connectivity index (χ1) is 20.2. The Morgan fingerprint density at radius 3 is 2.56 bits per heavy atom. The van der Waals surface area contributed by atoms with E-state index in [9.17, 15) is 34.8 Å². The molecule has 6 N–H and O–H groups in total. The Morgan fingerprint density at radius 1 is 1.19 bits per heavy atom. The summed E-state index contributed by atoms with van der Waals surface area (Å²) in [5, 5.41) is 48.2. The maximum Gasteiger partial charge on any atom is 0.256 e. The van der Waals surface area contributed by atoms with Crippen molar-refractivity contribution in [3.8, 4) is 17.0 Å². The summed E-state index contributed by atoms with van der Waals surface area (Å²) < 4.78 is 7.59. The molecule has 1 fully saturated rings. The van der Waals surface area contributed by atoms with Crippen molar-refractivity contribution in [2.45, 2.75) is 50.9 Å². The molecule has 0 bridgehead atoms. The molecule has 5 rings (SSSR count). The Morgan fingerprint density at radius 2 is 1.91 bits per heavy atom. The monoisotopic (exact) mass is 610 g/mol. The van der Waals surface area contributed by atoms with Crippen molar-refractivity contribution in [1.82, 2.24) is 9.55 Å². The van der Waals surface area contributed by atoms with Gasteiger partial charge in [-0.05, 0) is 42.5 Å². The Kier molecular flexibility index (Phi) is 7.57. The molecule has 0 radical (unpaired) electrons. The molecule has 1 aromatic carbocycles. The highest BCUT2D eigenvalue weighted by atomic mass is 28.3. The molecule has 0 aliphatic heterocycles. The molecule has 0 saturated heterocycles. The number of nitrogens with two attached hydrogens (primary N) is 1. The smallest absolute Gasteiger partial charge is 0.256 e. The predicted molar refractivity (Wildman–Crippen MR) is 157 cm³/mol. The number of hydrogen-bond acceptors (Lipinski definition) is 11. The van der Waals surface area contributed by atoms with Gasteiger partial charge in [0, 0.05) is 32.0 Å². The van der Waals surface area contributed by atoms with Crippen molar-refractivity contribution in [2.24, 2.45) is 22.7 Å². The van der Waals surface area contributed by atoms with E-state index in [4.69, 9.17) is 15.3 Å². The number of ether oxygens (including phenoxy) is 1. The predicted octanol–water partition coefficient (Wildman–Crippen LogP) is 2.21. The van der Waals surface area contributed by atoms with E-state index in [1.54, 1.807) is 23.2 Å². The summed E-state index contributed by atoms with van der Waals surface area (Å²) >= 11 is 0. The summed E-state index contributed by atoms with van der Waals surface area (Å²) in [4.78, 5) is 48.5. The van der Waals surface area contributed by atoms with E-state index in [1.807, 2.05) is 0 Å². The molecule has 3 aliphatic carbocycles. The zero-order chi connectivity index (χ0) is 31.4. The van der Waals surface area contributed by atoms with Crippen molar-refractivity contribution in [1.29, 1.82) is 0 Å². The number of Topliss-reactive ketones (excluding diaryl/α,β-unsaturated/α-hetero) is 2. The number of aromatic nitrogens is 2. The van der Waals surface area contributed by atoms with Gasteiger partial charge in [0.1, 0.15) is 36.6 Å². The van der Waals surface area contributed by atoms with E-state index in [1.165, 1.54) is 6.07 Å². The van der Waals surface area contributed by atoms with Crippen LogP contribution in [0.2, 0.25) is 25.7 Å². The summed E-state index contributed by atoms with van der Waals surface area (Å²) in [6.07, 6.45) is 3.36. The topological polar surface area (TPSA) is 207 Å². The highest BCUT2D eigenvalue weighted by Gasteiger charge is 2.64. The quantitative estimate of drug-likeness (QED) is 0.0968. The van der Waals surface area contributed by atoms with Crippen LogP contribution in [0.15, 0.2) is 46.7 Å². The third-order valence-electron chi connectivity index (χ3n) is 8.22. The fraction of sp³-hybridized carbons (Fsp3) is 0.414. The number of ketones is 2. The number of benzene rings is 1. The lowest BCUT2D eigenvalue weighted by Gasteiger charge is -2.45. The van der Waals surface area contributed by atoms with Crippen molar-refractivity contribution in [2.75, 3.05) is 13.7 Å². The van der Waals surface area contributed by atoms with Gasteiger partial charge in [-0.2, -0.15) is 0 Å². The fourth-order valence-corrected chi connectivity index (χ4v) is 6.81. The Labute approximate surface area is 247 Å². The van der Waals surface area contributed by atoms with Crippen molar-refractivity contribution in [3.63, 3.8) is 0 Å². The average molecular weight is 611 g/mol. The molecule has 2 aromatic rings. The second kappa shape index (κ2) is 10.8. The lowest BCUT2D eigenvalue weighted by Crippen LogP contribution is -2.64. The normalized spacial score (nSPS) is 24.6.